The number of carbonyl (C=O) groups is 1. The standard InChI is InChI=1S/C29H29F3N2O2/c1-18(10-12-25-20(3)15-27(36-6)22(5)21(25)4)8-7-9-19(2)14-28(35)34-26-13-11-24(29(30,31)32)16-23(26)17-33/h7-16H,1-6H3,(H,34,35)/b9-7+,12-10+,18-8+,19-14+. The zero-order valence-corrected chi connectivity index (χ0v) is 21.2. The van der Waals surface area contributed by atoms with Crippen molar-refractivity contribution in [1.82, 2.24) is 0 Å². The summed E-state index contributed by atoms with van der Waals surface area (Å²) in [6, 6.07) is 6.31. The average Bonchev–Trinajstić information content (AvgIpc) is 2.80. The van der Waals surface area contributed by atoms with Crippen LogP contribution in [0.15, 0.2) is 65.8 Å². The maximum atomic E-state index is 12.8. The summed E-state index contributed by atoms with van der Waals surface area (Å²) >= 11 is 0. The van der Waals surface area contributed by atoms with Gasteiger partial charge in [0.15, 0.2) is 0 Å². The predicted octanol–water partition coefficient (Wildman–Crippen LogP) is 7.61. The monoisotopic (exact) mass is 494 g/mol. The summed E-state index contributed by atoms with van der Waals surface area (Å²) in [5.41, 5.74) is 4.94. The Balaban J connectivity index is 2.09. The molecule has 0 spiro atoms. The molecule has 4 nitrogen and oxygen atoms in total. The molecule has 0 aliphatic carbocycles. The number of rotatable bonds is 7. The van der Waals surface area contributed by atoms with E-state index in [1.54, 1.807) is 32.3 Å². The summed E-state index contributed by atoms with van der Waals surface area (Å²) in [6.07, 6.45) is 6.24. The molecule has 0 heterocycles. The highest BCUT2D eigenvalue weighted by molar-refractivity contribution is 6.00. The van der Waals surface area contributed by atoms with Gasteiger partial charge in [0, 0.05) is 6.08 Å². The SMILES string of the molecule is COc1cc(C)c(/C=C/C(C)=C/C=C/C(C)=C/C(=O)Nc2ccc(C(F)(F)F)cc2C#N)c(C)c1C. The van der Waals surface area contributed by atoms with Crippen molar-refractivity contribution in [2.24, 2.45) is 0 Å². The highest BCUT2D eigenvalue weighted by Gasteiger charge is 2.31. The van der Waals surface area contributed by atoms with Crippen molar-refractivity contribution >= 4 is 17.7 Å². The van der Waals surface area contributed by atoms with Gasteiger partial charge in [-0.15, -0.1) is 0 Å². The Morgan fingerprint density at radius 3 is 2.36 bits per heavy atom. The first-order chi connectivity index (χ1) is 16.9. The lowest BCUT2D eigenvalue weighted by Crippen LogP contribution is -2.11. The van der Waals surface area contributed by atoms with E-state index >= 15 is 0 Å². The van der Waals surface area contributed by atoms with Crippen molar-refractivity contribution in [3.63, 3.8) is 0 Å². The van der Waals surface area contributed by atoms with Crippen molar-refractivity contribution in [3.8, 4) is 11.8 Å². The molecule has 2 aromatic rings. The van der Waals surface area contributed by atoms with Crippen LogP contribution in [0.2, 0.25) is 0 Å². The van der Waals surface area contributed by atoms with Crippen LogP contribution >= 0.6 is 0 Å². The van der Waals surface area contributed by atoms with Crippen molar-refractivity contribution in [2.45, 2.75) is 40.8 Å². The minimum atomic E-state index is -4.57. The fourth-order valence-electron chi connectivity index (χ4n) is 3.50. The summed E-state index contributed by atoms with van der Waals surface area (Å²) in [5.74, 6) is 0.320. The topological polar surface area (TPSA) is 62.1 Å². The molecular weight excluding hydrogens is 465 g/mol. The van der Waals surface area contributed by atoms with Crippen LogP contribution in [0.4, 0.5) is 18.9 Å². The van der Waals surface area contributed by atoms with Crippen molar-refractivity contribution < 1.29 is 22.7 Å². The normalized spacial score (nSPS) is 12.8. The second-order valence-corrected chi connectivity index (χ2v) is 8.41. The molecule has 0 aromatic heterocycles. The molecule has 36 heavy (non-hydrogen) atoms. The van der Waals surface area contributed by atoms with Crippen LogP contribution in [0.3, 0.4) is 0 Å². The molecule has 0 fully saturated rings. The van der Waals surface area contributed by atoms with Crippen LogP contribution in [0.5, 0.6) is 5.75 Å². The highest BCUT2D eigenvalue weighted by atomic mass is 19.4. The summed E-state index contributed by atoms with van der Waals surface area (Å²) < 4.78 is 43.9. The molecule has 0 radical (unpaired) electrons. The molecule has 0 aliphatic rings. The molecule has 0 saturated heterocycles. The number of benzene rings is 2. The number of anilines is 1. The number of alkyl halides is 3. The Kier molecular flexibility index (Phi) is 9.45. The molecule has 2 rings (SSSR count). The lowest BCUT2D eigenvalue weighted by atomic mass is 9.96. The largest absolute Gasteiger partial charge is 0.496 e. The summed E-state index contributed by atoms with van der Waals surface area (Å²) in [5, 5.41) is 11.6. The van der Waals surface area contributed by atoms with Crippen molar-refractivity contribution in [2.75, 3.05) is 12.4 Å². The van der Waals surface area contributed by atoms with E-state index in [2.05, 4.69) is 18.3 Å². The van der Waals surface area contributed by atoms with Gasteiger partial charge in [0.2, 0.25) is 5.91 Å². The molecule has 0 atom stereocenters. The lowest BCUT2D eigenvalue weighted by molar-refractivity contribution is -0.137. The van der Waals surface area contributed by atoms with E-state index in [9.17, 15) is 18.0 Å². The van der Waals surface area contributed by atoms with Crippen LogP contribution in [0.25, 0.3) is 6.08 Å². The summed E-state index contributed by atoms with van der Waals surface area (Å²) in [7, 11) is 1.66. The fraction of sp³-hybridized carbons (Fsp3) is 0.241. The van der Waals surface area contributed by atoms with E-state index in [4.69, 9.17) is 10.00 Å². The molecule has 188 valence electrons. The van der Waals surface area contributed by atoms with Gasteiger partial charge in [0.05, 0.1) is 23.9 Å². The first-order valence-electron chi connectivity index (χ1n) is 11.2. The fourth-order valence-corrected chi connectivity index (χ4v) is 3.50. The Morgan fingerprint density at radius 1 is 1.06 bits per heavy atom. The Hall–Kier alpha value is -4.05. The number of nitrogens with one attached hydrogen (secondary N) is 1. The maximum absolute atomic E-state index is 12.8. The van der Waals surface area contributed by atoms with Gasteiger partial charge in [-0.2, -0.15) is 18.4 Å². The maximum Gasteiger partial charge on any atom is 0.416 e. The number of halogens is 3. The van der Waals surface area contributed by atoms with Crippen LogP contribution in [-0.2, 0) is 11.0 Å². The summed E-state index contributed by atoms with van der Waals surface area (Å²) in [4.78, 5) is 12.3. The molecule has 0 aliphatic heterocycles. The number of allylic oxidation sites excluding steroid dienone is 6. The van der Waals surface area contributed by atoms with Crippen molar-refractivity contribution in [1.29, 1.82) is 5.26 Å². The summed E-state index contributed by atoms with van der Waals surface area (Å²) in [6.45, 7) is 9.81. The smallest absolute Gasteiger partial charge is 0.416 e. The van der Waals surface area contributed by atoms with E-state index in [-0.39, 0.29) is 11.3 Å². The number of nitrogens with zero attached hydrogens (tertiary/aromatic N) is 1. The van der Waals surface area contributed by atoms with E-state index in [0.717, 1.165) is 45.7 Å². The lowest BCUT2D eigenvalue weighted by Gasteiger charge is -2.13. The van der Waals surface area contributed by atoms with E-state index in [1.807, 2.05) is 39.0 Å². The molecule has 0 bridgehead atoms. The minimum Gasteiger partial charge on any atom is -0.496 e. The first-order valence-corrected chi connectivity index (χ1v) is 11.2. The van der Waals surface area contributed by atoms with Gasteiger partial charge in [-0.3, -0.25) is 4.79 Å². The van der Waals surface area contributed by atoms with Crippen LogP contribution < -0.4 is 10.1 Å². The minimum absolute atomic E-state index is 0.0174. The van der Waals surface area contributed by atoms with Gasteiger partial charge in [-0.25, -0.2) is 0 Å². The second-order valence-electron chi connectivity index (χ2n) is 8.41. The van der Waals surface area contributed by atoms with Gasteiger partial charge >= 0.3 is 6.18 Å². The molecule has 2 aromatic carbocycles. The van der Waals surface area contributed by atoms with Gasteiger partial charge in [-0.05, 0) is 86.7 Å². The van der Waals surface area contributed by atoms with Crippen LogP contribution in [0.1, 0.15) is 47.2 Å². The quantitative estimate of drug-likeness (QED) is 0.318. The third kappa shape index (κ3) is 7.47. The van der Waals surface area contributed by atoms with Crippen molar-refractivity contribution in [3.05, 3.63) is 99.2 Å². The van der Waals surface area contributed by atoms with Gasteiger partial charge in [0.25, 0.3) is 0 Å². The molecule has 1 amide bonds. The number of nitriles is 1. The average molecular weight is 495 g/mol. The Morgan fingerprint density at radius 2 is 1.75 bits per heavy atom. The van der Waals surface area contributed by atoms with E-state index in [0.29, 0.717) is 11.6 Å². The first kappa shape index (κ1) is 28.2. The predicted molar refractivity (Wildman–Crippen MR) is 138 cm³/mol. The number of aryl methyl sites for hydroxylation is 1. The number of methoxy groups -OCH3 is 1. The Bertz CT molecular complexity index is 1310. The highest BCUT2D eigenvalue weighted by Crippen LogP contribution is 2.32. The van der Waals surface area contributed by atoms with Crippen LogP contribution in [-0.4, -0.2) is 13.0 Å². The van der Waals surface area contributed by atoms with Gasteiger partial charge < -0.3 is 10.1 Å². The van der Waals surface area contributed by atoms with E-state index in [1.165, 1.54) is 6.08 Å². The van der Waals surface area contributed by atoms with Gasteiger partial charge in [0.1, 0.15) is 11.8 Å². The van der Waals surface area contributed by atoms with Gasteiger partial charge in [-0.1, -0.05) is 36.0 Å². The number of amides is 1. The third-order valence-corrected chi connectivity index (χ3v) is 5.64. The molecule has 0 saturated carbocycles. The third-order valence-electron chi connectivity index (χ3n) is 5.64. The molecular formula is C29H29F3N2O2. The van der Waals surface area contributed by atoms with Crippen LogP contribution in [0, 0.1) is 32.1 Å². The molecule has 7 heteroatoms. The molecule has 1 N–H and O–H groups in total. The zero-order chi connectivity index (χ0) is 27.0. The number of ether oxygens (including phenoxy) is 1. The van der Waals surface area contributed by atoms with E-state index < -0.39 is 17.6 Å². The Labute approximate surface area is 210 Å². The second kappa shape index (κ2) is 12.1. The molecule has 0 unspecified atom stereocenters. The number of hydrogen-bond donors (Lipinski definition) is 1. The number of carbonyl (C=O) groups excluding carboxylic acids is 1. The zero-order valence-electron chi connectivity index (χ0n) is 21.2. The number of hydrogen-bond acceptors (Lipinski definition) is 3.